The van der Waals surface area contributed by atoms with Crippen molar-refractivity contribution >= 4 is 6.08 Å². The number of benzene rings is 2. The highest BCUT2D eigenvalue weighted by molar-refractivity contribution is 5.69. The van der Waals surface area contributed by atoms with Gasteiger partial charge >= 0.3 is 0 Å². The van der Waals surface area contributed by atoms with Crippen LogP contribution in [0.25, 0.3) is 11.1 Å². The fourth-order valence-corrected chi connectivity index (χ4v) is 3.28. The van der Waals surface area contributed by atoms with Crippen LogP contribution in [-0.2, 0) is 10.3 Å². The van der Waals surface area contributed by atoms with E-state index in [0.29, 0.717) is 5.92 Å². The van der Waals surface area contributed by atoms with Crippen LogP contribution in [0, 0.1) is 0 Å². The third-order valence-corrected chi connectivity index (χ3v) is 4.74. The van der Waals surface area contributed by atoms with E-state index in [1.807, 2.05) is 6.07 Å². The maximum absolute atomic E-state index is 10.8. The summed E-state index contributed by atoms with van der Waals surface area (Å²) in [6.45, 7) is 4.42. The molecule has 0 bridgehead atoms. The molecule has 0 N–H and O–H groups in total. The Morgan fingerprint density at radius 3 is 2.36 bits per heavy atom. The number of isocyanates is 1. The first-order valence-corrected chi connectivity index (χ1v) is 7.95. The van der Waals surface area contributed by atoms with Crippen LogP contribution in [0.2, 0.25) is 0 Å². The molecule has 2 aromatic carbocycles. The van der Waals surface area contributed by atoms with E-state index in [-0.39, 0.29) is 5.54 Å². The van der Waals surface area contributed by atoms with Crippen molar-refractivity contribution in [2.45, 2.75) is 44.6 Å². The van der Waals surface area contributed by atoms with Gasteiger partial charge in [-0.1, -0.05) is 56.3 Å². The predicted molar refractivity (Wildman–Crippen MR) is 89.6 cm³/mol. The van der Waals surface area contributed by atoms with Crippen LogP contribution in [0.1, 0.15) is 50.2 Å². The minimum Gasteiger partial charge on any atom is -0.211 e. The Balaban J connectivity index is 2.14. The van der Waals surface area contributed by atoms with Gasteiger partial charge in [0.1, 0.15) is 0 Å². The molecule has 0 unspecified atom stereocenters. The van der Waals surface area contributed by atoms with Gasteiger partial charge < -0.3 is 0 Å². The Hall–Kier alpha value is -2.18. The van der Waals surface area contributed by atoms with Gasteiger partial charge in [0.05, 0.1) is 5.54 Å². The number of hydrogen-bond donors (Lipinski definition) is 0. The molecule has 0 radical (unpaired) electrons. The molecule has 2 aromatic rings. The van der Waals surface area contributed by atoms with Crippen molar-refractivity contribution in [3.8, 4) is 11.1 Å². The average Bonchev–Trinajstić information content (AvgIpc) is 2.51. The van der Waals surface area contributed by atoms with E-state index in [2.05, 4.69) is 61.3 Å². The summed E-state index contributed by atoms with van der Waals surface area (Å²) in [6.07, 6.45) is 4.79. The third kappa shape index (κ3) is 2.51. The molecule has 1 aliphatic rings. The second-order valence-corrected chi connectivity index (χ2v) is 6.41. The molecule has 22 heavy (non-hydrogen) atoms. The first-order valence-electron chi connectivity index (χ1n) is 7.95. The Bertz CT molecular complexity index is 708. The Kier molecular flexibility index (Phi) is 3.96. The smallest absolute Gasteiger partial charge is 0.211 e. The second kappa shape index (κ2) is 5.90. The van der Waals surface area contributed by atoms with Gasteiger partial charge in [0.25, 0.3) is 0 Å². The molecular formula is C20H21NO. The molecule has 1 fully saturated rings. The van der Waals surface area contributed by atoms with E-state index in [1.165, 1.54) is 16.7 Å². The fraction of sp³-hybridized carbons (Fsp3) is 0.350. The van der Waals surface area contributed by atoms with Gasteiger partial charge in [0, 0.05) is 0 Å². The van der Waals surface area contributed by atoms with Crippen LogP contribution >= 0.6 is 0 Å². The first-order chi connectivity index (χ1) is 10.7. The molecule has 2 heteroatoms. The molecule has 2 nitrogen and oxygen atoms in total. The van der Waals surface area contributed by atoms with Crippen LogP contribution < -0.4 is 0 Å². The molecule has 0 atom stereocenters. The van der Waals surface area contributed by atoms with Crippen molar-refractivity contribution in [3.05, 3.63) is 59.7 Å². The molecule has 3 rings (SSSR count). The number of aliphatic imine (C=N–C) groups is 1. The van der Waals surface area contributed by atoms with Gasteiger partial charge in [-0.3, -0.25) is 0 Å². The molecule has 0 aliphatic heterocycles. The Labute approximate surface area is 131 Å². The first kappa shape index (κ1) is 14.7. The van der Waals surface area contributed by atoms with Crippen molar-refractivity contribution in [3.63, 3.8) is 0 Å². The normalized spacial score (nSPS) is 16.0. The highest BCUT2D eigenvalue weighted by Gasteiger charge is 2.39. The molecule has 0 spiro atoms. The standard InChI is InChI=1S/C20H21NO/c1-15(2)18-10-9-17(20(21-14-22)11-6-12-20)13-19(18)16-7-4-3-5-8-16/h3-5,7-10,13,15H,6,11-12H2,1-2H3. The van der Waals surface area contributed by atoms with Crippen molar-refractivity contribution in [1.29, 1.82) is 0 Å². The summed E-state index contributed by atoms with van der Waals surface area (Å²) in [4.78, 5) is 15.0. The van der Waals surface area contributed by atoms with Crippen LogP contribution in [0.15, 0.2) is 53.5 Å². The van der Waals surface area contributed by atoms with E-state index < -0.39 is 0 Å². The Morgan fingerprint density at radius 1 is 1.09 bits per heavy atom. The number of hydrogen-bond acceptors (Lipinski definition) is 2. The highest BCUT2D eigenvalue weighted by Crippen LogP contribution is 2.46. The lowest BCUT2D eigenvalue weighted by molar-refractivity contribution is 0.256. The summed E-state index contributed by atoms with van der Waals surface area (Å²) in [6, 6.07) is 17.0. The average molecular weight is 291 g/mol. The van der Waals surface area contributed by atoms with Gasteiger partial charge in [0.2, 0.25) is 6.08 Å². The second-order valence-electron chi connectivity index (χ2n) is 6.41. The van der Waals surface area contributed by atoms with E-state index in [4.69, 9.17) is 0 Å². The third-order valence-electron chi connectivity index (χ3n) is 4.74. The minimum absolute atomic E-state index is 0.333. The van der Waals surface area contributed by atoms with Crippen LogP contribution in [0.4, 0.5) is 0 Å². The maximum Gasteiger partial charge on any atom is 0.235 e. The van der Waals surface area contributed by atoms with E-state index in [1.54, 1.807) is 6.08 Å². The largest absolute Gasteiger partial charge is 0.235 e. The van der Waals surface area contributed by atoms with Crippen LogP contribution in [0.5, 0.6) is 0 Å². The fourth-order valence-electron chi connectivity index (χ4n) is 3.28. The van der Waals surface area contributed by atoms with Crippen molar-refractivity contribution in [2.24, 2.45) is 4.99 Å². The summed E-state index contributed by atoms with van der Waals surface area (Å²) in [7, 11) is 0. The molecule has 0 saturated heterocycles. The zero-order valence-corrected chi connectivity index (χ0v) is 13.2. The van der Waals surface area contributed by atoms with E-state index >= 15 is 0 Å². The monoisotopic (exact) mass is 291 g/mol. The molecule has 0 aromatic heterocycles. The Morgan fingerprint density at radius 2 is 1.82 bits per heavy atom. The van der Waals surface area contributed by atoms with Crippen molar-refractivity contribution in [1.82, 2.24) is 0 Å². The summed E-state index contributed by atoms with van der Waals surface area (Å²) >= 11 is 0. The van der Waals surface area contributed by atoms with Gasteiger partial charge in [0.15, 0.2) is 0 Å². The van der Waals surface area contributed by atoms with Crippen LogP contribution in [0.3, 0.4) is 0 Å². The van der Waals surface area contributed by atoms with Crippen LogP contribution in [-0.4, -0.2) is 6.08 Å². The summed E-state index contributed by atoms with van der Waals surface area (Å²) in [5.74, 6) is 0.455. The summed E-state index contributed by atoms with van der Waals surface area (Å²) < 4.78 is 0. The van der Waals surface area contributed by atoms with Gasteiger partial charge in [-0.15, -0.1) is 0 Å². The zero-order chi connectivity index (χ0) is 15.6. The lowest BCUT2D eigenvalue weighted by atomic mass is 9.71. The predicted octanol–water partition coefficient (Wildman–Crippen LogP) is 5.19. The highest BCUT2D eigenvalue weighted by atomic mass is 16.1. The number of carbonyl (C=O) groups excluding carboxylic acids is 1. The molecule has 1 saturated carbocycles. The molecule has 1 aliphatic carbocycles. The molecule has 0 amide bonds. The maximum atomic E-state index is 10.8. The lowest BCUT2D eigenvalue weighted by Crippen LogP contribution is -2.31. The van der Waals surface area contributed by atoms with Crippen molar-refractivity contribution in [2.75, 3.05) is 0 Å². The molecular weight excluding hydrogens is 270 g/mol. The van der Waals surface area contributed by atoms with Gasteiger partial charge in [-0.05, 0) is 53.5 Å². The minimum atomic E-state index is -0.333. The molecule has 112 valence electrons. The summed E-state index contributed by atoms with van der Waals surface area (Å²) in [5.41, 5.74) is 4.61. The molecule has 0 heterocycles. The number of nitrogens with zero attached hydrogens (tertiary/aromatic N) is 1. The van der Waals surface area contributed by atoms with Gasteiger partial charge in [-0.25, -0.2) is 4.79 Å². The van der Waals surface area contributed by atoms with Gasteiger partial charge in [-0.2, -0.15) is 4.99 Å². The van der Waals surface area contributed by atoms with E-state index in [0.717, 1.165) is 24.8 Å². The van der Waals surface area contributed by atoms with Crippen molar-refractivity contribution < 1.29 is 4.79 Å². The quantitative estimate of drug-likeness (QED) is 0.563. The van der Waals surface area contributed by atoms with E-state index in [9.17, 15) is 4.79 Å². The zero-order valence-electron chi connectivity index (χ0n) is 13.2. The lowest BCUT2D eigenvalue weighted by Gasteiger charge is -2.37. The SMILES string of the molecule is CC(C)c1ccc(C2(N=C=O)CCC2)cc1-c1ccccc1. The number of rotatable bonds is 4. The summed E-state index contributed by atoms with van der Waals surface area (Å²) in [5, 5.41) is 0. The topological polar surface area (TPSA) is 29.4 Å².